The van der Waals surface area contributed by atoms with Crippen LogP contribution in [-0.2, 0) is 9.84 Å². The molecule has 0 aromatic heterocycles. The Morgan fingerprint density at radius 2 is 1.83 bits per heavy atom. The van der Waals surface area contributed by atoms with Crippen molar-refractivity contribution in [2.45, 2.75) is 44.3 Å². The van der Waals surface area contributed by atoms with Gasteiger partial charge < -0.3 is 5.32 Å². The van der Waals surface area contributed by atoms with Gasteiger partial charge in [0, 0.05) is 12.3 Å². The zero-order valence-electron chi connectivity index (χ0n) is 10.5. The van der Waals surface area contributed by atoms with Crippen molar-refractivity contribution in [1.29, 1.82) is 0 Å². The third kappa shape index (κ3) is 5.56. The van der Waals surface area contributed by atoms with E-state index in [2.05, 4.69) is 5.32 Å². The van der Waals surface area contributed by atoms with Crippen LogP contribution in [-0.4, -0.2) is 39.2 Å². The number of hydrogen-bond acceptors (Lipinski definition) is 3. The second kappa shape index (κ2) is 6.23. The molecule has 1 fully saturated rings. The van der Waals surface area contributed by atoms with Crippen molar-refractivity contribution in [2.24, 2.45) is 5.92 Å². The molecule has 1 saturated carbocycles. The van der Waals surface area contributed by atoms with E-state index in [0.29, 0.717) is 25.8 Å². The second-order valence-electron chi connectivity index (χ2n) is 4.98. The number of halogens is 3. The largest absolute Gasteiger partial charge is 0.393 e. The SMILES string of the molecule is CS(=O)(=O)CCCNC1CCCCC1C(F)(F)F. The standard InChI is InChI=1S/C11H20F3NO2S/c1-18(16,17)8-4-7-15-10-6-3-2-5-9(10)11(12,13)14/h9-10,15H,2-8H2,1H3. The Morgan fingerprint density at radius 1 is 1.22 bits per heavy atom. The van der Waals surface area contributed by atoms with Crippen LogP contribution in [0.2, 0.25) is 0 Å². The molecule has 1 aliphatic carbocycles. The summed E-state index contributed by atoms with van der Waals surface area (Å²) in [6.07, 6.45) is -0.556. The summed E-state index contributed by atoms with van der Waals surface area (Å²) in [5.74, 6) is -1.27. The summed E-state index contributed by atoms with van der Waals surface area (Å²) >= 11 is 0. The molecule has 0 saturated heterocycles. The Kier molecular flexibility index (Phi) is 5.46. The lowest BCUT2D eigenvalue weighted by Gasteiger charge is -2.33. The number of hydrogen-bond donors (Lipinski definition) is 1. The smallest absolute Gasteiger partial charge is 0.313 e. The van der Waals surface area contributed by atoms with Crippen LogP contribution in [0.1, 0.15) is 32.1 Å². The Balaban J connectivity index is 2.39. The fraction of sp³-hybridized carbons (Fsp3) is 1.00. The Hall–Kier alpha value is -0.300. The Morgan fingerprint density at radius 3 is 2.39 bits per heavy atom. The van der Waals surface area contributed by atoms with Gasteiger partial charge in [0.15, 0.2) is 0 Å². The first-order chi connectivity index (χ1) is 8.20. The second-order valence-corrected chi connectivity index (χ2v) is 7.24. The van der Waals surface area contributed by atoms with Crippen molar-refractivity contribution in [3.8, 4) is 0 Å². The maximum absolute atomic E-state index is 12.8. The quantitative estimate of drug-likeness (QED) is 0.788. The summed E-state index contributed by atoms with van der Waals surface area (Å²) in [7, 11) is -3.03. The number of rotatable bonds is 5. The third-order valence-electron chi connectivity index (χ3n) is 3.28. The molecular weight excluding hydrogens is 267 g/mol. The maximum Gasteiger partial charge on any atom is 0.393 e. The summed E-state index contributed by atoms with van der Waals surface area (Å²) in [5.41, 5.74) is 0. The molecule has 1 rings (SSSR count). The first kappa shape index (κ1) is 15.8. The fourth-order valence-corrected chi connectivity index (χ4v) is 3.06. The molecule has 3 nitrogen and oxygen atoms in total. The zero-order valence-corrected chi connectivity index (χ0v) is 11.3. The van der Waals surface area contributed by atoms with Crippen LogP contribution in [0.15, 0.2) is 0 Å². The summed E-state index contributed by atoms with van der Waals surface area (Å²) < 4.78 is 60.1. The number of nitrogens with one attached hydrogen (secondary N) is 1. The topological polar surface area (TPSA) is 46.2 Å². The lowest BCUT2D eigenvalue weighted by molar-refractivity contribution is -0.188. The molecule has 0 amide bonds. The van der Waals surface area contributed by atoms with Gasteiger partial charge in [-0.15, -0.1) is 0 Å². The van der Waals surface area contributed by atoms with E-state index in [1.165, 1.54) is 0 Å². The Bertz CT molecular complexity index is 354. The minimum Gasteiger partial charge on any atom is -0.313 e. The predicted molar refractivity (Wildman–Crippen MR) is 64.1 cm³/mol. The van der Waals surface area contributed by atoms with Crippen LogP contribution in [0.5, 0.6) is 0 Å². The predicted octanol–water partition coefficient (Wildman–Crippen LogP) is 2.13. The normalized spacial score (nSPS) is 26.2. The molecule has 2 atom stereocenters. The highest BCUT2D eigenvalue weighted by atomic mass is 32.2. The lowest BCUT2D eigenvalue weighted by Crippen LogP contribution is -2.45. The molecular formula is C11H20F3NO2S. The van der Waals surface area contributed by atoms with Gasteiger partial charge in [0.25, 0.3) is 0 Å². The third-order valence-corrected chi connectivity index (χ3v) is 4.32. The molecule has 0 heterocycles. The fourth-order valence-electron chi connectivity index (χ4n) is 2.39. The molecule has 0 aromatic carbocycles. The highest BCUT2D eigenvalue weighted by Gasteiger charge is 2.45. The molecule has 0 bridgehead atoms. The highest BCUT2D eigenvalue weighted by molar-refractivity contribution is 7.90. The minimum atomic E-state index is -4.16. The number of alkyl halides is 3. The van der Waals surface area contributed by atoms with Crippen LogP contribution < -0.4 is 5.32 Å². The van der Waals surface area contributed by atoms with E-state index >= 15 is 0 Å². The van der Waals surface area contributed by atoms with Gasteiger partial charge in [0.05, 0.1) is 11.7 Å². The molecule has 18 heavy (non-hydrogen) atoms. The molecule has 0 spiro atoms. The summed E-state index contributed by atoms with van der Waals surface area (Å²) in [6.45, 7) is 0.324. The molecule has 2 unspecified atom stereocenters. The maximum atomic E-state index is 12.8. The molecule has 1 aliphatic rings. The first-order valence-electron chi connectivity index (χ1n) is 6.18. The molecule has 7 heteroatoms. The zero-order chi connectivity index (χ0) is 13.8. The minimum absolute atomic E-state index is 0.0173. The summed E-state index contributed by atoms with van der Waals surface area (Å²) in [6, 6.07) is -0.557. The van der Waals surface area contributed by atoms with Crippen molar-refractivity contribution in [2.75, 3.05) is 18.6 Å². The van der Waals surface area contributed by atoms with Crippen molar-refractivity contribution in [3.05, 3.63) is 0 Å². The van der Waals surface area contributed by atoms with E-state index in [9.17, 15) is 21.6 Å². The average molecular weight is 287 g/mol. The monoisotopic (exact) mass is 287 g/mol. The first-order valence-corrected chi connectivity index (χ1v) is 8.24. The van der Waals surface area contributed by atoms with Gasteiger partial charge in [-0.3, -0.25) is 0 Å². The van der Waals surface area contributed by atoms with Crippen molar-refractivity contribution in [1.82, 2.24) is 5.32 Å². The van der Waals surface area contributed by atoms with Gasteiger partial charge in [-0.05, 0) is 25.8 Å². The van der Waals surface area contributed by atoms with Crippen LogP contribution >= 0.6 is 0 Å². The molecule has 108 valence electrons. The van der Waals surface area contributed by atoms with E-state index in [-0.39, 0.29) is 12.2 Å². The van der Waals surface area contributed by atoms with E-state index < -0.39 is 28.0 Å². The van der Waals surface area contributed by atoms with Crippen LogP contribution in [0.3, 0.4) is 0 Å². The van der Waals surface area contributed by atoms with E-state index in [4.69, 9.17) is 0 Å². The van der Waals surface area contributed by atoms with Gasteiger partial charge in [0.1, 0.15) is 9.84 Å². The van der Waals surface area contributed by atoms with Gasteiger partial charge in [-0.2, -0.15) is 13.2 Å². The van der Waals surface area contributed by atoms with Gasteiger partial charge >= 0.3 is 6.18 Å². The summed E-state index contributed by atoms with van der Waals surface area (Å²) in [5, 5.41) is 2.87. The summed E-state index contributed by atoms with van der Waals surface area (Å²) in [4.78, 5) is 0. The molecule has 0 radical (unpaired) electrons. The average Bonchev–Trinajstić information content (AvgIpc) is 2.22. The highest BCUT2D eigenvalue weighted by Crippen LogP contribution is 2.37. The molecule has 0 aromatic rings. The van der Waals surface area contributed by atoms with Crippen LogP contribution in [0, 0.1) is 5.92 Å². The molecule has 0 aliphatic heterocycles. The van der Waals surface area contributed by atoms with Crippen LogP contribution in [0.25, 0.3) is 0 Å². The van der Waals surface area contributed by atoms with E-state index in [1.54, 1.807) is 0 Å². The van der Waals surface area contributed by atoms with Crippen LogP contribution in [0.4, 0.5) is 13.2 Å². The van der Waals surface area contributed by atoms with Gasteiger partial charge in [-0.25, -0.2) is 8.42 Å². The van der Waals surface area contributed by atoms with Crippen molar-refractivity contribution < 1.29 is 21.6 Å². The van der Waals surface area contributed by atoms with Gasteiger partial charge in [0.2, 0.25) is 0 Å². The molecule has 1 N–H and O–H groups in total. The van der Waals surface area contributed by atoms with E-state index in [0.717, 1.165) is 12.7 Å². The van der Waals surface area contributed by atoms with Crippen molar-refractivity contribution in [3.63, 3.8) is 0 Å². The number of sulfone groups is 1. The lowest BCUT2D eigenvalue weighted by atomic mass is 9.84. The van der Waals surface area contributed by atoms with Gasteiger partial charge in [-0.1, -0.05) is 12.8 Å². The Labute approximate surface area is 106 Å². The van der Waals surface area contributed by atoms with E-state index in [1.807, 2.05) is 0 Å². The van der Waals surface area contributed by atoms with Crippen molar-refractivity contribution >= 4 is 9.84 Å².